The van der Waals surface area contributed by atoms with Gasteiger partial charge in [-0.25, -0.2) is 0 Å². The van der Waals surface area contributed by atoms with Crippen LogP contribution < -0.4 is 0 Å². The van der Waals surface area contributed by atoms with Crippen LogP contribution in [0.3, 0.4) is 0 Å². The molecule has 0 fully saturated rings. The maximum absolute atomic E-state index is 11.5. The molecule has 0 rings (SSSR count). The third-order valence-corrected chi connectivity index (χ3v) is 2.54. The fraction of sp³-hybridized carbons (Fsp3) is 0.500. The van der Waals surface area contributed by atoms with Crippen molar-refractivity contribution in [3.05, 3.63) is 36.5 Å². The smallest absolute Gasteiger partial charge is 0.305 e. The molecule has 0 saturated heterocycles. The Labute approximate surface area is 120 Å². The first-order valence-corrected chi connectivity index (χ1v) is 6.85. The summed E-state index contributed by atoms with van der Waals surface area (Å²) in [4.78, 5) is 22.3. The lowest BCUT2D eigenvalue weighted by Gasteiger charge is -1.98. The highest BCUT2D eigenvalue weighted by Crippen LogP contribution is 2.04. The predicted octanol–water partition coefficient (Wildman–Crippen LogP) is 2.73. The molecule has 0 bridgehead atoms. The summed E-state index contributed by atoms with van der Waals surface area (Å²) in [5.74, 6) is -0.126. The van der Waals surface area contributed by atoms with Crippen molar-refractivity contribution in [3.63, 3.8) is 0 Å². The second-order valence-corrected chi connectivity index (χ2v) is 4.47. The van der Waals surface area contributed by atoms with Gasteiger partial charge in [0.15, 0.2) is 5.78 Å². The van der Waals surface area contributed by atoms with Crippen LogP contribution in [0.1, 0.15) is 39.0 Å². The maximum Gasteiger partial charge on any atom is 0.305 e. The van der Waals surface area contributed by atoms with Crippen molar-refractivity contribution >= 4 is 11.8 Å². The number of unbranched alkanes of at least 4 members (excludes halogenated alkanes) is 2. The van der Waals surface area contributed by atoms with Crippen molar-refractivity contribution in [3.8, 4) is 0 Å². The van der Waals surface area contributed by atoms with Gasteiger partial charge in [0.2, 0.25) is 0 Å². The predicted molar refractivity (Wildman–Crippen MR) is 79.2 cm³/mol. The molecule has 1 atom stereocenters. The topological polar surface area (TPSA) is 63.6 Å². The molecule has 0 spiro atoms. The number of esters is 1. The van der Waals surface area contributed by atoms with E-state index in [0.717, 1.165) is 19.3 Å². The largest absolute Gasteiger partial charge is 0.469 e. The van der Waals surface area contributed by atoms with Crippen LogP contribution in [-0.4, -0.2) is 30.1 Å². The van der Waals surface area contributed by atoms with Crippen LogP contribution in [0.2, 0.25) is 0 Å². The van der Waals surface area contributed by atoms with Crippen molar-refractivity contribution in [1.29, 1.82) is 0 Å². The molecule has 4 nitrogen and oxygen atoms in total. The monoisotopic (exact) mass is 280 g/mol. The van der Waals surface area contributed by atoms with Gasteiger partial charge in [-0.15, -0.1) is 0 Å². The highest BCUT2D eigenvalue weighted by molar-refractivity contribution is 5.89. The van der Waals surface area contributed by atoms with E-state index in [-0.39, 0.29) is 11.8 Å². The Bertz CT molecular complexity index is 365. The van der Waals surface area contributed by atoms with Gasteiger partial charge in [-0.3, -0.25) is 9.59 Å². The Morgan fingerprint density at radius 3 is 2.35 bits per heavy atom. The maximum atomic E-state index is 11.5. The molecule has 0 amide bonds. The number of rotatable bonds is 10. The van der Waals surface area contributed by atoms with E-state index in [4.69, 9.17) is 5.11 Å². The summed E-state index contributed by atoms with van der Waals surface area (Å²) in [6.07, 6.45) is 12.9. The number of ether oxygens (including phenoxy) is 1. The van der Waals surface area contributed by atoms with Crippen LogP contribution in [0.15, 0.2) is 36.5 Å². The molecular weight excluding hydrogens is 256 g/mol. The third kappa shape index (κ3) is 12.8. The highest BCUT2D eigenvalue weighted by Gasteiger charge is 2.00. The average Bonchev–Trinajstić information content (AvgIpc) is 2.41. The number of ketones is 1. The molecule has 1 unspecified atom stereocenters. The number of methoxy groups -OCH3 is 1. The number of hydrogen-bond donors (Lipinski definition) is 1. The van der Waals surface area contributed by atoms with Gasteiger partial charge in [0.25, 0.3) is 0 Å². The normalized spacial score (nSPS) is 13.3. The van der Waals surface area contributed by atoms with Gasteiger partial charge in [0, 0.05) is 12.8 Å². The minimum absolute atomic E-state index is 0.0761. The van der Waals surface area contributed by atoms with Crippen LogP contribution in [0.4, 0.5) is 0 Å². The first kappa shape index (κ1) is 18.3. The van der Waals surface area contributed by atoms with Gasteiger partial charge in [-0.2, -0.15) is 0 Å². The summed E-state index contributed by atoms with van der Waals surface area (Å²) in [6.45, 7) is 1.67. The molecule has 1 N–H and O–H groups in total. The van der Waals surface area contributed by atoms with E-state index >= 15 is 0 Å². The van der Waals surface area contributed by atoms with Crippen LogP contribution in [0.25, 0.3) is 0 Å². The van der Waals surface area contributed by atoms with Crippen LogP contribution in [0, 0.1) is 0 Å². The Morgan fingerprint density at radius 1 is 1.05 bits per heavy atom. The van der Waals surface area contributed by atoms with Crippen LogP contribution in [-0.2, 0) is 14.3 Å². The number of aliphatic hydroxyl groups excluding tert-OH is 1. The lowest BCUT2D eigenvalue weighted by atomic mass is 10.1. The van der Waals surface area contributed by atoms with E-state index < -0.39 is 6.10 Å². The minimum atomic E-state index is -0.463. The van der Waals surface area contributed by atoms with E-state index in [0.29, 0.717) is 12.8 Å². The van der Waals surface area contributed by atoms with Crippen molar-refractivity contribution in [2.45, 2.75) is 45.1 Å². The number of aliphatic hydroxyl groups is 1. The summed E-state index contributed by atoms with van der Waals surface area (Å²) in [6, 6.07) is 0. The van der Waals surface area contributed by atoms with E-state index in [1.165, 1.54) is 13.2 Å². The summed E-state index contributed by atoms with van der Waals surface area (Å²) in [5.41, 5.74) is 0. The zero-order valence-electron chi connectivity index (χ0n) is 12.2. The van der Waals surface area contributed by atoms with Gasteiger partial charge in [0.05, 0.1) is 13.2 Å². The van der Waals surface area contributed by atoms with Gasteiger partial charge >= 0.3 is 5.97 Å². The standard InChI is InChI=1S/C16H24O4/c1-14(17)10-6-3-4-7-11-15(18)12-8-5-9-13-16(19)20-2/h3-4,6-7,10-11,14,17H,5,8-9,12-13H2,1-2H3. The molecule has 20 heavy (non-hydrogen) atoms. The quantitative estimate of drug-likeness (QED) is 0.289. The van der Waals surface area contributed by atoms with Gasteiger partial charge in [-0.05, 0) is 25.8 Å². The second kappa shape index (κ2) is 12.4. The molecule has 112 valence electrons. The van der Waals surface area contributed by atoms with E-state index in [9.17, 15) is 9.59 Å². The molecule has 0 saturated carbocycles. The van der Waals surface area contributed by atoms with Gasteiger partial charge in [0.1, 0.15) is 0 Å². The van der Waals surface area contributed by atoms with Crippen LogP contribution in [0.5, 0.6) is 0 Å². The lowest BCUT2D eigenvalue weighted by molar-refractivity contribution is -0.140. The first-order valence-electron chi connectivity index (χ1n) is 6.85. The van der Waals surface area contributed by atoms with E-state index in [2.05, 4.69) is 4.74 Å². The van der Waals surface area contributed by atoms with Crippen molar-refractivity contribution in [1.82, 2.24) is 0 Å². The molecule has 0 heterocycles. The lowest BCUT2D eigenvalue weighted by Crippen LogP contribution is -1.99. The van der Waals surface area contributed by atoms with E-state index in [1.807, 2.05) is 0 Å². The summed E-state index contributed by atoms with van der Waals surface area (Å²) in [7, 11) is 1.38. The molecule has 0 radical (unpaired) electrons. The summed E-state index contributed by atoms with van der Waals surface area (Å²) >= 11 is 0. The molecule has 4 heteroatoms. The first-order chi connectivity index (χ1) is 9.56. The van der Waals surface area contributed by atoms with Crippen molar-refractivity contribution in [2.75, 3.05) is 7.11 Å². The Balaban J connectivity index is 3.65. The molecular formula is C16H24O4. The zero-order chi connectivity index (χ0) is 15.2. The molecule has 0 aliphatic rings. The zero-order valence-corrected chi connectivity index (χ0v) is 12.2. The minimum Gasteiger partial charge on any atom is -0.469 e. The number of hydrogen-bond acceptors (Lipinski definition) is 4. The second-order valence-electron chi connectivity index (χ2n) is 4.47. The molecule has 0 aromatic rings. The fourth-order valence-corrected chi connectivity index (χ4v) is 1.45. The van der Waals surface area contributed by atoms with Crippen LogP contribution >= 0.6 is 0 Å². The van der Waals surface area contributed by atoms with Gasteiger partial charge < -0.3 is 9.84 Å². The van der Waals surface area contributed by atoms with Gasteiger partial charge in [-0.1, -0.05) is 36.8 Å². The highest BCUT2D eigenvalue weighted by atomic mass is 16.5. The third-order valence-electron chi connectivity index (χ3n) is 2.54. The molecule has 0 aromatic carbocycles. The van der Waals surface area contributed by atoms with Crippen molar-refractivity contribution < 1.29 is 19.4 Å². The number of carbonyl (C=O) groups excluding carboxylic acids is 2. The Kier molecular flexibility index (Phi) is 11.3. The molecule has 0 aliphatic heterocycles. The fourth-order valence-electron chi connectivity index (χ4n) is 1.45. The summed E-state index contributed by atoms with van der Waals surface area (Å²) in [5, 5.41) is 8.97. The molecule has 0 aromatic heterocycles. The molecule has 0 aliphatic carbocycles. The Morgan fingerprint density at radius 2 is 1.70 bits per heavy atom. The Hall–Kier alpha value is -1.68. The summed E-state index contributed by atoms with van der Waals surface area (Å²) < 4.78 is 4.53. The number of allylic oxidation sites excluding steroid dienone is 5. The van der Waals surface area contributed by atoms with Crippen molar-refractivity contribution in [2.24, 2.45) is 0 Å². The van der Waals surface area contributed by atoms with E-state index in [1.54, 1.807) is 37.3 Å². The SMILES string of the molecule is COC(=O)CCCCCC(=O)C=CC=CC=CC(C)O. The number of carbonyl (C=O) groups is 2. The average molecular weight is 280 g/mol.